The van der Waals surface area contributed by atoms with Crippen LogP contribution in [-0.2, 0) is 13.6 Å². The smallest absolute Gasteiger partial charge is 0.254 e. The molecule has 0 N–H and O–H groups in total. The maximum absolute atomic E-state index is 14.3. The fourth-order valence-corrected chi connectivity index (χ4v) is 3.66. The van der Waals surface area contributed by atoms with E-state index in [0.717, 1.165) is 17.0 Å². The molecule has 0 aliphatic heterocycles. The molecule has 4 rings (SSSR count). The van der Waals surface area contributed by atoms with Gasteiger partial charge in [-0.05, 0) is 39.0 Å². The standard InChI is InChI=1S/C22H23FN6O/c1-13-10-16(22(30)27(4)12-18-14(2)26-28(5)15(18)3)17-11-24-29(21(17)25-13)20-9-7-6-8-19(20)23/h6-11H,12H2,1-5H3. The topological polar surface area (TPSA) is 68.8 Å². The van der Waals surface area contributed by atoms with E-state index in [0.29, 0.717) is 34.5 Å². The molecule has 0 spiro atoms. The van der Waals surface area contributed by atoms with Crippen LogP contribution in [0.2, 0.25) is 0 Å². The second-order valence-electron chi connectivity index (χ2n) is 7.49. The zero-order valence-corrected chi connectivity index (χ0v) is 17.6. The minimum absolute atomic E-state index is 0.152. The summed E-state index contributed by atoms with van der Waals surface area (Å²) in [5.74, 6) is -0.556. The molecule has 0 bridgehead atoms. The highest BCUT2D eigenvalue weighted by molar-refractivity contribution is 6.05. The van der Waals surface area contributed by atoms with Crippen LogP contribution < -0.4 is 0 Å². The SMILES string of the molecule is Cc1cc(C(=O)N(C)Cc2c(C)nn(C)c2C)c2cnn(-c3ccccc3F)c2n1. The highest BCUT2D eigenvalue weighted by Gasteiger charge is 2.22. The van der Waals surface area contributed by atoms with Crippen molar-refractivity contribution in [1.82, 2.24) is 29.4 Å². The van der Waals surface area contributed by atoms with Crippen LogP contribution in [0, 0.1) is 26.6 Å². The first-order valence-corrected chi connectivity index (χ1v) is 9.62. The van der Waals surface area contributed by atoms with Crippen molar-refractivity contribution in [1.29, 1.82) is 0 Å². The van der Waals surface area contributed by atoms with Crippen LogP contribution in [0.5, 0.6) is 0 Å². The van der Waals surface area contributed by atoms with E-state index in [4.69, 9.17) is 0 Å². The molecule has 4 aromatic rings. The van der Waals surface area contributed by atoms with E-state index in [1.807, 2.05) is 32.5 Å². The number of pyridine rings is 1. The number of carbonyl (C=O) groups is 1. The van der Waals surface area contributed by atoms with Crippen molar-refractivity contribution in [2.24, 2.45) is 7.05 Å². The number of fused-ring (bicyclic) bond motifs is 1. The Balaban J connectivity index is 1.75. The molecule has 0 atom stereocenters. The van der Waals surface area contributed by atoms with Crippen molar-refractivity contribution in [2.45, 2.75) is 27.3 Å². The number of hydrogen-bond acceptors (Lipinski definition) is 4. The number of halogens is 1. The van der Waals surface area contributed by atoms with Crippen molar-refractivity contribution in [3.8, 4) is 5.69 Å². The molecule has 154 valence electrons. The first kappa shape index (κ1) is 19.8. The molecule has 0 fully saturated rings. The molecule has 0 unspecified atom stereocenters. The van der Waals surface area contributed by atoms with Crippen molar-refractivity contribution < 1.29 is 9.18 Å². The van der Waals surface area contributed by atoms with Gasteiger partial charge >= 0.3 is 0 Å². The predicted octanol–water partition coefficient (Wildman–Crippen LogP) is 3.49. The Labute approximate surface area is 173 Å². The molecule has 3 aromatic heterocycles. The van der Waals surface area contributed by atoms with Gasteiger partial charge < -0.3 is 4.90 Å². The molecule has 1 amide bonds. The van der Waals surface area contributed by atoms with Crippen LogP contribution in [-0.4, -0.2) is 42.4 Å². The van der Waals surface area contributed by atoms with Gasteiger partial charge in [-0.2, -0.15) is 10.2 Å². The normalized spacial score (nSPS) is 11.3. The molecular weight excluding hydrogens is 383 g/mol. The van der Waals surface area contributed by atoms with Crippen LogP contribution in [0.25, 0.3) is 16.7 Å². The van der Waals surface area contributed by atoms with E-state index in [9.17, 15) is 9.18 Å². The highest BCUT2D eigenvalue weighted by Crippen LogP contribution is 2.24. The molecule has 8 heteroatoms. The number of amides is 1. The third-order valence-corrected chi connectivity index (χ3v) is 5.38. The van der Waals surface area contributed by atoms with Crippen LogP contribution in [0.3, 0.4) is 0 Å². The van der Waals surface area contributed by atoms with E-state index in [-0.39, 0.29) is 5.91 Å². The summed E-state index contributed by atoms with van der Waals surface area (Å²) < 4.78 is 17.6. The van der Waals surface area contributed by atoms with Gasteiger partial charge in [0, 0.05) is 37.6 Å². The Kier molecular flexibility index (Phi) is 4.85. The quantitative estimate of drug-likeness (QED) is 0.520. The summed E-state index contributed by atoms with van der Waals surface area (Å²) in [7, 11) is 3.65. The number of aromatic nitrogens is 5. The first-order chi connectivity index (χ1) is 14.3. The van der Waals surface area contributed by atoms with Gasteiger partial charge in [0.25, 0.3) is 5.91 Å². The summed E-state index contributed by atoms with van der Waals surface area (Å²) in [6, 6.07) is 8.11. The van der Waals surface area contributed by atoms with Crippen LogP contribution in [0.15, 0.2) is 36.5 Å². The van der Waals surface area contributed by atoms with Crippen molar-refractivity contribution >= 4 is 16.9 Å². The summed E-state index contributed by atoms with van der Waals surface area (Å²) in [6.45, 7) is 6.17. The molecule has 0 radical (unpaired) electrons. The van der Waals surface area contributed by atoms with E-state index < -0.39 is 5.82 Å². The summed E-state index contributed by atoms with van der Waals surface area (Å²) in [5, 5.41) is 9.32. The van der Waals surface area contributed by atoms with Gasteiger partial charge in [-0.3, -0.25) is 9.48 Å². The van der Waals surface area contributed by atoms with E-state index in [1.54, 1.807) is 42.4 Å². The third-order valence-electron chi connectivity index (χ3n) is 5.38. The van der Waals surface area contributed by atoms with Crippen LogP contribution in [0.1, 0.15) is 33.0 Å². The van der Waals surface area contributed by atoms with Gasteiger partial charge in [0.2, 0.25) is 0 Å². The van der Waals surface area contributed by atoms with Crippen LogP contribution >= 0.6 is 0 Å². The fourth-order valence-electron chi connectivity index (χ4n) is 3.66. The van der Waals surface area contributed by atoms with E-state index in [1.165, 1.54) is 10.7 Å². The average molecular weight is 406 g/mol. The lowest BCUT2D eigenvalue weighted by molar-refractivity contribution is 0.0786. The summed E-state index contributed by atoms with van der Waals surface area (Å²) in [4.78, 5) is 19.5. The van der Waals surface area contributed by atoms with Crippen molar-refractivity contribution in [3.05, 3.63) is 70.6 Å². The second-order valence-corrected chi connectivity index (χ2v) is 7.49. The summed E-state index contributed by atoms with van der Waals surface area (Å²) in [5.41, 5.74) is 4.84. The van der Waals surface area contributed by atoms with Crippen molar-refractivity contribution in [3.63, 3.8) is 0 Å². The van der Waals surface area contributed by atoms with E-state index >= 15 is 0 Å². The van der Waals surface area contributed by atoms with E-state index in [2.05, 4.69) is 15.2 Å². The monoisotopic (exact) mass is 406 g/mol. The van der Waals surface area contributed by atoms with Gasteiger partial charge in [-0.15, -0.1) is 0 Å². The lowest BCUT2D eigenvalue weighted by Crippen LogP contribution is -2.27. The second kappa shape index (κ2) is 7.37. The Bertz CT molecular complexity index is 1270. The van der Waals surface area contributed by atoms with Gasteiger partial charge in [-0.25, -0.2) is 14.1 Å². The number of hydrogen-bond donors (Lipinski definition) is 0. The average Bonchev–Trinajstić information content (AvgIpc) is 3.23. The molecule has 0 saturated carbocycles. The zero-order chi connectivity index (χ0) is 21.6. The maximum Gasteiger partial charge on any atom is 0.254 e. The first-order valence-electron chi connectivity index (χ1n) is 9.62. The minimum Gasteiger partial charge on any atom is -0.337 e. The minimum atomic E-state index is -0.404. The molecule has 7 nitrogen and oxygen atoms in total. The fraction of sp³-hybridized carbons (Fsp3) is 0.273. The lowest BCUT2D eigenvalue weighted by Gasteiger charge is -2.18. The molecular formula is C22H23FN6O. The Hall–Kier alpha value is -3.55. The van der Waals surface area contributed by atoms with Gasteiger partial charge in [0.05, 0.1) is 22.8 Å². The largest absolute Gasteiger partial charge is 0.337 e. The Morgan fingerprint density at radius 2 is 1.93 bits per heavy atom. The van der Waals surface area contributed by atoms with Crippen molar-refractivity contribution in [2.75, 3.05) is 7.05 Å². The van der Waals surface area contributed by atoms with Gasteiger partial charge in [0.15, 0.2) is 5.65 Å². The lowest BCUT2D eigenvalue weighted by atomic mass is 10.1. The molecule has 0 aliphatic carbocycles. The number of aryl methyl sites for hydroxylation is 3. The highest BCUT2D eigenvalue weighted by atomic mass is 19.1. The number of benzene rings is 1. The number of rotatable bonds is 4. The number of para-hydroxylation sites is 1. The van der Waals surface area contributed by atoms with Gasteiger partial charge in [-0.1, -0.05) is 12.1 Å². The predicted molar refractivity (Wildman–Crippen MR) is 112 cm³/mol. The zero-order valence-electron chi connectivity index (χ0n) is 17.6. The number of nitrogens with zero attached hydrogens (tertiary/aromatic N) is 6. The molecule has 30 heavy (non-hydrogen) atoms. The number of carbonyl (C=O) groups excluding carboxylic acids is 1. The summed E-state index contributed by atoms with van der Waals surface area (Å²) in [6.07, 6.45) is 1.57. The van der Waals surface area contributed by atoms with Gasteiger partial charge in [0.1, 0.15) is 11.5 Å². The third kappa shape index (κ3) is 3.24. The Morgan fingerprint density at radius 1 is 1.20 bits per heavy atom. The molecule has 3 heterocycles. The molecule has 0 saturated heterocycles. The van der Waals surface area contributed by atoms with Crippen LogP contribution in [0.4, 0.5) is 4.39 Å². The maximum atomic E-state index is 14.3. The summed E-state index contributed by atoms with van der Waals surface area (Å²) >= 11 is 0. The Morgan fingerprint density at radius 3 is 2.60 bits per heavy atom. The molecule has 0 aliphatic rings. The molecule has 1 aromatic carbocycles.